The third-order valence-corrected chi connectivity index (χ3v) is 2.83. The van der Waals surface area contributed by atoms with E-state index in [0.717, 1.165) is 5.56 Å². The molecule has 0 bridgehead atoms. The van der Waals surface area contributed by atoms with E-state index in [0.29, 0.717) is 16.5 Å². The minimum absolute atomic E-state index is 0.154. The van der Waals surface area contributed by atoms with Crippen molar-refractivity contribution in [3.8, 4) is 6.07 Å². The molecule has 1 aromatic rings. The van der Waals surface area contributed by atoms with Gasteiger partial charge in [0, 0.05) is 4.47 Å². The molecule has 0 unspecified atom stereocenters. The molecule has 4 heteroatoms. The number of nitriles is 1. The normalized spacial score (nSPS) is 9.50. The van der Waals surface area contributed by atoms with Crippen LogP contribution in [0.25, 0.3) is 0 Å². The maximum Gasteiger partial charge on any atom is 0.335 e. The summed E-state index contributed by atoms with van der Waals surface area (Å²) < 4.78 is 0.688. The van der Waals surface area contributed by atoms with Crippen LogP contribution >= 0.6 is 15.9 Å². The molecule has 0 spiro atoms. The summed E-state index contributed by atoms with van der Waals surface area (Å²) in [7, 11) is 0. The third kappa shape index (κ3) is 1.94. The lowest BCUT2D eigenvalue weighted by Crippen LogP contribution is -1.99. The molecule has 0 atom stereocenters. The second kappa shape index (κ2) is 4.25. The van der Waals surface area contributed by atoms with Crippen LogP contribution in [-0.2, 0) is 6.42 Å². The first kappa shape index (κ1) is 10.7. The predicted molar refractivity (Wildman–Crippen MR) is 55.2 cm³/mol. The number of benzene rings is 1. The Morgan fingerprint density at radius 2 is 2.29 bits per heavy atom. The highest BCUT2D eigenvalue weighted by Crippen LogP contribution is 2.23. The molecule has 1 N–H and O–H groups in total. The van der Waals surface area contributed by atoms with Crippen molar-refractivity contribution >= 4 is 21.9 Å². The SMILES string of the molecule is CCc1cc(C(=O)O)cc(C#N)c1Br. The van der Waals surface area contributed by atoms with Gasteiger partial charge in [-0.2, -0.15) is 5.26 Å². The number of aromatic carboxylic acids is 1. The Hall–Kier alpha value is -1.34. The van der Waals surface area contributed by atoms with Crippen molar-refractivity contribution in [2.45, 2.75) is 13.3 Å². The molecule has 14 heavy (non-hydrogen) atoms. The monoisotopic (exact) mass is 253 g/mol. The number of carbonyl (C=O) groups is 1. The smallest absolute Gasteiger partial charge is 0.335 e. The van der Waals surface area contributed by atoms with E-state index in [4.69, 9.17) is 10.4 Å². The van der Waals surface area contributed by atoms with Crippen molar-refractivity contribution in [1.29, 1.82) is 5.26 Å². The van der Waals surface area contributed by atoms with Crippen molar-refractivity contribution in [3.63, 3.8) is 0 Å². The molecule has 72 valence electrons. The fourth-order valence-electron chi connectivity index (χ4n) is 1.15. The molecule has 0 saturated heterocycles. The molecule has 0 radical (unpaired) electrons. The number of aryl methyl sites for hydroxylation is 1. The fraction of sp³-hybridized carbons (Fsp3) is 0.200. The molecule has 0 heterocycles. The molecule has 1 aromatic carbocycles. The van der Waals surface area contributed by atoms with E-state index in [1.165, 1.54) is 6.07 Å². The summed E-state index contributed by atoms with van der Waals surface area (Å²) in [6, 6.07) is 4.90. The van der Waals surface area contributed by atoms with Crippen molar-refractivity contribution in [2.24, 2.45) is 0 Å². The van der Waals surface area contributed by atoms with Crippen molar-refractivity contribution < 1.29 is 9.90 Å². The summed E-state index contributed by atoms with van der Waals surface area (Å²) in [6.07, 6.45) is 0.691. The molecule has 0 aliphatic heterocycles. The van der Waals surface area contributed by atoms with Crippen LogP contribution in [0.5, 0.6) is 0 Å². The Labute approximate surface area is 90.1 Å². The van der Waals surface area contributed by atoms with Crippen molar-refractivity contribution in [3.05, 3.63) is 33.3 Å². The van der Waals surface area contributed by atoms with Gasteiger partial charge in [-0.15, -0.1) is 0 Å². The maximum atomic E-state index is 10.7. The van der Waals surface area contributed by atoms with Gasteiger partial charge in [0.1, 0.15) is 6.07 Å². The van der Waals surface area contributed by atoms with Crippen molar-refractivity contribution in [2.75, 3.05) is 0 Å². The van der Waals surface area contributed by atoms with Crippen LogP contribution in [0.15, 0.2) is 16.6 Å². The van der Waals surface area contributed by atoms with Crippen LogP contribution in [0.1, 0.15) is 28.4 Å². The first-order valence-corrected chi connectivity index (χ1v) is 4.85. The topological polar surface area (TPSA) is 61.1 Å². The van der Waals surface area contributed by atoms with Gasteiger partial charge in [-0.05, 0) is 40.0 Å². The Morgan fingerprint density at radius 3 is 2.71 bits per heavy atom. The van der Waals surface area contributed by atoms with Crippen LogP contribution in [0.2, 0.25) is 0 Å². The molecule has 0 aliphatic rings. The first-order valence-electron chi connectivity index (χ1n) is 4.06. The summed E-state index contributed by atoms with van der Waals surface area (Å²) in [5.74, 6) is -1.01. The number of hydrogen-bond donors (Lipinski definition) is 1. The van der Waals surface area contributed by atoms with Gasteiger partial charge in [0.15, 0.2) is 0 Å². The lowest BCUT2D eigenvalue weighted by atomic mass is 10.0. The number of carboxylic acid groups (broad SMARTS) is 1. The number of halogens is 1. The first-order chi connectivity index (χ1) is 6.60. The summed E-state index contributed by atoms with van der Waals surface area (Å²) >= 11 is 3.27. The van der Waals surface area contributed by atoms with Crippen LogP contribution in [0.3, 0.4) is 0 Å². The molecule has 0 saturated carbocycles. The van der Waals surface area contributed by atoms with Crippen LogP contribution in [0.4, 0.5) is 0 Å². The van der Waals surface area contributed by atoms with Gasteiger partial charge in [0.05, 0.1) is 11.1 Å². The Bertz CT molecular complexity index is 421. The minimum atomic E-state index is -1.01. The second-order valence-electron chi connectivity index (χ2n) is 2.77. The van der Waals surface area contributed by atoms with E-state index in [-0.39, 0.29) is 5.56 Å². The highest BCUT2D eigenvalue weighted by Gasteiger charge is 2.10. The quantitative estimate of drug-likeness (QED) is 0.882. The van der Waals surface area contributed by atoms with Crippen LogP contribution < -0.4 is 0 Å². The molecule has 0 amide bonds. The number of nitrogens with zero attached hydrogens (tertiary/aromatic N) is 1. The molecule has 1 rings (SSSR count). The fourth-order valence-corrected chi connectivity index (χ4v) is 1.74. The maximum absolute atomic E-state index is 10.7. The van der Waals surface area contributed by atoms with Gasteiger partial charge in [-0.1, -0.05) is 6.92 Å². The van der Waals surface area contributed by atoms with Gasteiger partial charge in [0.25, 0.3) is 0 Å². The average molecular weight is 254 g/mol. The van der Waals surface area contributed by atoms with Crippen LogP contribution in [-0.4, -0.2) is 11.1 Å². The number of rotatable bonds is 2. The zero-order valence-corrected chi connectivity index (χ0v) is 9.13. The zero-order valence-electron chi connectivity index (χ0n) is 7.54. The van der Waals surface area contributed by atoms with E-state index < -0.39 is 5.97 Å². The van der Waals surface area contributed by atoms with Crippen molar-refractivity contribution in [1.82, 2.24) is 0 Å². The zero-order chi connectivity index (χ0) is 10.7. The Morgan fingerprint density at radius 1 is 1.64 bits per heavy atom. The second-order valence-corrected chi connectivity index (χ2v) is 3.56. The average Bonchev–Trinajstić information content (AvgIpc) is 2.17. The van der Waals surface area contributed by atoms with Crippen LogP contribution in [0, 0.1) is 11.3 Å². The van der Waals surface area contributed by atoms with Gasteiger partial charge < -0.3 is 5.11 Å². The highest BCUT2D eigenvalue weighted by atomic mass is 79.9. The molecule has 0 fully saturated rings. The van der Waals surface area contributed by atoms with Gasteiger partial charge in [-0.25, -0.2) is 4.79 Å². The van der Waals surface area contributed by atoms with Gasteiger partial charge in [0.2, 0.25) is 0 Å². The van der Waals surface area contributed by atoms with E-state index in [1.807, 2.05) is 13.0 Å². The summed E-state index contributed by atoms with van der Waals surface area (Å²) in [5, 5.41) is 17.6. The van der Waals surface area contributed by atoms with Gasteiger partial charge in [-0.3, -0.25) is 0 Å². The largest absolute Gasteiger partial charge is 0.478 e. The van der Waals surface area contributed by atoms with Gasteiger partial charge >= 0.3 is 5.97 Å². The van der Waals surface area contributed by atoms with E-state index in [1.54, 1.807) is 6.07 Å². The summed E-state index contributed by atoms with van der Waals surface area (Å²) in [5.41, 5.74) is 1.35. The minimum Gasteiger partial charge on any atom is -0.478 e. The predicted octanol–water partition coefficient (Wildman–Crippen LogP) is 2.58. The standard InChI is InChI=1S/C10H8BrNO2/c1-2-6-3-7(10(13)14)4-8(5-12)9(6)11/h3-4H,2H2,1H3,(H,13,14). The number of hydrogen-bond acceptors (Lipinski definition) is 2. The highest BCUT2D eigenvalue weighted by molar-refractivity contribution is 9.10. The lowest BCUT2D eigenvalue weighted by molar-refractivity contribution is 0.0696. The summed E-state index contributed by atoms with van der Waals surface area (Å²) in [6.45, 7) is 1.91. The lowest BCUT2D eigenvalue weighted by Gasteiger charge is -2.04. The molecular weight excluding hydrogens is 246 g/mol. The van der Waals surface area contributed by atoms with E-state index in [2.05, 4.69) is 15.9 Å². The van der Waals surface area contributed by atoms with E-state index in [9.17, 15) is 4.79 Å². The number of carboxylic acids is 1. The Balaban J connectivity index is 3.41. The molecule has 3 nitrogen and oxygen atoms in total. The molecular formula is C10H8BrNO2. The Kier molecular flexibility index (Phi) is 3.26. The van der Waals surface area contributed by atoms with E-state index >= 15 is 0 Å². The summed E-state index contributed by atoms with van der Waals surface area (Å²) in [4.78, 5) is 10.7. The molecule has 0 aliphatic carbocycles. The molecule has 0 aromatic heterocycles. The third-order valence-electron chi connectivity index (χ3n) is 1.90.